The van der Waals surface area contributed by atoms with Gasteiger partial charge in [0.25, 0.3) is 0 Å². The van der Waals surface area contributed by atoms with Gasteiger partial charge in [0, 0.05) is 27.1 Å². The first kappa shape index (κ1) is 9.68. The fourth-order valence-electron chi connectivity index (χ4n) is 1.57. The van der Waals surface area contributed by atoms with Crippen LogP contribution in [0.1, 0.15) is 25.7 Å². The highest BCUT2D eigenvalue weighted by Crippen LogP contribution is 2.19. The number of rotatable bonds is 2. The van der Waals surface area contributed by atoms with Crippen LogP contribution in [0.2, 0.25) is 0 Å². The smallest absolute Gasteiger partial charge is 0.138 e. The minimum absolute atomic E-state index is 0.109. The van der Waals surface area contributed by atoms with Gasteiger partial charge in [0.1, 0.15) is 5.78 Å². The summed E-state index contributed by atoms with van der Waals surface area (Å²) in [5.41, 5.74) is 0. The van der Waals surface area contributed by atoms with Gasteiger partial charge in [-0.15, -0.1) is 0 Å². The van der Waals surface area contributed by atoms with Crippen molar-refractivity contribution in [2.45, 2.75) is 37.9 Å². The first-order valence-corrected chi connectivity index (χ1v) is 4.33. The van der Waals surface area contributed by atoms with Crippen molar-refractivity contribution in [2.75, 3.05) is 14.2 Å². The monoisotopic (exact) mass is 172 g/mol. The Labute approximate surface area is 73.0 Å². The molecule has 0 aromatic heterocycles. The molecular formula is C9H16O3. The summed E-state index contributed by atoms with van der Waals surface area (Å²) in [6, 6.07) is 0. The molecule has 0 unspecified atom stereocenters. The lowest BCUT2D eigenvalue weighted by atomic mass is 10.1. The summed E-state index contributed by atoms with van der Waals surface area (Å²) in [7, 11) is 3.32. The third-order valence-corrected chi connectivity index (χ3v) is 2.39. The molecule has 0 radical (unpaired) electrons. The quantitative estimate of drug-likeness (QED) is 0.586. The molecule has 0 N–H and O–H groups in total. The molecule has 0 bridgehead atoms. The summed E-state index contributed by atoms with van der Waals surface area (Å²) < 4.78 is 10.3. The van der Waals surface area contributed by atoms with Crippen LogP contribution in [-0.2, 0) is 14.3 Å². The number of methoxy groups -OCH3 is 2. The van der Waals surface area contributed by atoms with Gasteiger partial charge in [-0.2, -0.15) is 0 Å². The second-order valence-electron chi connectivity index (χ2n) is 3.24. The number of hydrogen-bond acceptors (Lipinski definition) is 3. The molecule has 0 heterocycles. The second-order valence-corrected chi connectivity index (χ2v) is 3.24. The van der Waals surface area contributed by atoms with E-state index >= 15 is 0 Å². The third-order valence-electron chi connectivity index (χ3n) is 2.39. The molecule has 0 aromatic carbocycles. The van der Waals surface area contributed by atoms with Crippen LogP contribution in [0, 0.1) is 0 Å². The van der Waals surface area contributed by atoms with E-state index < -0.39 is 0 Å². The lowest BCUT2D eigenvalue weighted by molar-refractivity contribution is -0.122. The van der Waals surface area contributed by atoms with Gasteiger partial charge in [-0.1, -0.05) is 0 Å². The summed E-state index contributed by atoms with van der Waals surface area (Å²) in [6.07, 6.45) is 3.18. The molecule has 0 spiro atoms. The zero-order chi connectivity index (χ0) is 8.97. The maximum Gasteiger partial charge on any atom is 0.138 e. The molecule has 1 saturated carbocycles. The number of carbonyl (C=O) groups excluding carboxylic acids is 1. The maximum absolute atomic E-state index is 11.3. The molecular weight excluding hydrogens is 156 g/mol. The molecule has 1 rings (SSSR count). The van der Waals surface area contributed by atoms with Crippen molar-refractivity contribution in [2.24, 2.45) is 0 Å². The van der Waals surface area contributed by atoms with Crippen LogP contribution in [-0.4, -0.2) is 32.2 Å². The number of ether oxygens (including phenoxy) is 2. The topological polar surface area (TPSA) is 35.5 Å². The predicted molar refractivity (Wildman–Crippen MR) is 45.1 cm³/mol. The van der Waals surface area contributed by atoms with E-state index in [0.717, 1.165) is 12.8 Å². The van der Waals surface area contributed by atoms with Crippen LogP contribution >= 0.6 is 0 Å². The molecule has 0 saturated heterocycles. The Bertz CT molecular complexity index is 140. The highest BCUT2D eigenvalue weighted by Gasteiger charge is 2.23. The molecule has 3 heteroatoms. The number of hydrogen-bond donors (Lipinski definition) is 0. The molecule has 0 aliphatic heterocycles. The van der Waals surface area contributed by atoms with Gasteiger partial charge < -0.3 is 9.47 Å². The fraction of sp³-hybridized carbons (Fsp3) is 0.889. The first-order chi connectivity index (χ1) is 5.76. The molecule has 0 aromatic rings. The Morgan fingerprint density at radius 2 is 1.50 bits per heavy atom. The van der Waals surface area contributed by atoms with Crippen LogP contribution in [0.4, 0.5) is 0 Å². The SMILES string of the molecule is CO[C@@H]1CC[C@H](OC)CC(=O)C1. The second kappa shape index (κ2) is 4.58. The van der Waals surface area contributed by atoms with Crippen LogP contribution in [0.25, 0.3) is 0 Å². The Balaban J connectivity index is 2.46. The fourth-order valence-corrected chi connectivity index (χ4v) is 1.57. The maximum atomic E-state index is 11.3. The van der Waals surface area contributed by atoms with E-state index in [2.05, 4.69) is 0 Å². The van der Waals surface area contributed by atoms with E-state index in [0.29, 0.717) is 12.8 Å². The van der Waals surface area contributed by atoms with Crippen molar-refractivity contribution < 1.29 is 14.3 Å². The molecule has 70 valence electrons. The van der Waals surface area contributed by atoms with Crippen molar-refractivity contribution in [3.05, 3.63) is 0 Å². The highest BCUT2D eigenvalue weighted by atomic mass is 16.5. The molecule has 1 aliphatic carbocycles. The Hall–Kier alpha value is -0.410. The van der Waals surface area contributed by atoms with Gasteiger partial charge in [0.15, 0.2) is 0 Å². The standard InChI is InChI=1S/C9H16O3/c1-11-8-3-4-9(12-2)6-7(10)5-8/h8-9H,3-6H2,1-2H3/t8-,9+. The van der Waals surface area contributed by atoms with Crippen molar-refractivity contribution in [1.82, 2.24) is 0 Å². The average molecular weight is 172 g/mol. The highest BCUT2D eigenvalue weighted by molar-refractivity contribution is 5.79. The summed E-state index contributed by atoms with van der Waals surface area (Å²) in [5.74, 6) is 0.256. The number of Topliss-reactive ketones (excluding diaryl/α,β-unsaturated/α-hetero) is 1. The molecule has 2 atom stereocenters. The van der Waals surface area contributed by atoms with Crippen LogP contribution < -0.4 is 0 Å². The summed E-state index contributed by atoms with van der Waals surface area (Å²) in [5, 5.41) is 0. The Morgan fingerprint density at radius 3 is 1.83 bits per heavy atom. The normalized spacial score (nSPS) is 31.7. The van der Waals surface area contributed by atoms with Gasteiger partial charge in [-0.25, -0.2) is 0 Å². The van der Waals surface area contributed by atoms with Gasteiger partial charge >= 0.3 is 0 Å². The van der Waals surface area contributed by atoms with Crippen molar-refractivity contribution in [1.29, 1.82) is 0 Å². The molecule has 1 aliphatic rings. The van der Waals surface area contributed by atoms with E-state index in [4.69, 9.17) is 9.47 Å². The van der Waals surface area contributed by atoms with Crippen LogP contribution in [0.15, 0.2) is 0 Å². The van der Waals surface area contributed by atoms with Crippen molar-refractivity contribution in [3.8, 4) is 0 Å². The zero-order valence-corrected chi connectivity index (χ0v) is 7.71. The minimum atomic E-state index is 0.109. The van der Waals surface area contributed by atoms with Gasteiger partial charge in [-0.3, -0.25) is 4.79 Å². The molecule has 0 amide bonds. The van der Waals surface area contributed by atoms with Crippen LogP contribution in [0.5, 0.6) is 0 Å². The van der Waals surface area contributed by atoms with E-state index in [9.17, 15) is 4.79 Å². The van der Waals surface area contributed by atoms with E-state index in [1.54, 1.807) is 14.2 Å². The number of carbonyl (C=O) groups is 1. The van der Waals surface area contributed by atoms with Crippen LogP contribution in [0.3, 0.4) is 0 Å². The first-order valence-electron chi connectivity index (χ1n) is 4.33. The summed E-state index contributed by atoms with van der Waals surface area (Å²) in [4.78, 5) is 11.3. The van der Waals surface area contributed by atoms with Crippen molar-refractivity contribution >= 4 is 5.78 Å². The summed E-state index contributed by atoms with van der Waals surface area (Å²) >= 11 is 0. The van der Waals surface area contributed by atoms with E-state index in [-0.39, 0.29) is 18.0 Å². The van der Waals surface area contributed by atoms with Gasteiger partial charge in [-0.05, 0) is 12.8 Å². The zero-order valence-electron chi connectivity index (χ0n) is 7.71. The lowest BCUT2D eigenvalue weighted by Gasteiger charge is -2.11. The number of ketones is 1. The van der Waals surface area contributed by atoms with E-state index in [1.807, 2.05) is 0 Å². The average Bonchev–Trinajstić information content (AvgIpc) is 2.26. The summed E-state index contributed by atoms with van der Waals surface area (Å²) in [6.45, 7) is 0. The third kappa shape index (κ3) is 2.57. The largest absolute Gasteiger partial charge is 0.381 e. The molecule has 3 nitrogen and oxygen atoms in total. The predicted octanol–water partition coefficient (Wildman–Crippen LogP) is 1.16. The van der Waals surface area contributed by atoms with Gasteiger partial charge in [0.2, 0.25) is 0 Å². The van der Waals surface area contributed by atoms with Gasteiger partial charge in [0.05, 0.1) is 12.2 Å². The Kier molecular flexibility index (Phi) is 3.69. The lowest BCUT2D eigenvalue weighted by Crippen LogP contribution is -2.13. The minimum Gasteiger partial charge on any atom is -0.381 e. The van der Waals surface area contributed by atoms with Crippen molar-refractivity contribution in [3.63, 3.8) is 0 Å². The Morgan fingerprint density at radius 1 is 1.08 bits per heavy atom. The molecule has 12 heavy (non-hydrogen) atoms. The van der Waals surface area contributed by atoms with E-state index in [1.165, 1.54) is 0 Å². The molecule has 1 fully saturated rings.